The predicted octanol–water partition coefficient (Wildman–Crippen LogP) is 5.24. The van der Waals surface area contributed by atoms with E-state index < -0.39 is 35.8 Å². The van der Waals surface area contributed by atoms with Crippen molar-refractivity contribution in [2.24, 2.45) is 5.92 Å². The van der Waals surface area contributed by atoms with Crippen molar-refractivity contribution in [1.82, 2.24) is 0 Å². The summed E-state index contributed by atoms with van der Waals surface area (Å²) in [7, 11) is 0. The molecule has 3 aliphatic rings. The van der Waals surface area contributed by atoms with Gasteiger partial charge in [0.25, 0.3) is 0 Å². The molecule has 7 atom stereocenters. The van der Waals surface area contributed by atoms with E-state index in [0.29, 0.717) is 23.4 Å². The molecule has 0 spiro atoms. The minimum Gasteiger partial charge on any atom is -0.387 e. The van der Waals surface area contributed by atoms with Gasteiger partial charge in [0.05, 0.1) is 0 Å². The standard InChI is InChI=1S/C27H31ClF2O4S/c1-35-25-23(33)21(31)22(32)24(34-25)16-4-7-20(28)17(13-16)12-15-2-5-18(6-3-15)26-9-8-19(26)14-27(29,30)11-10-26/h2-7,13,19,21-25,31-33H,8-12,14H2,1H3/t19-,21-,22-,23+,24?,25-,26+/m1/s1. The number of alkyl halides is 2. The number of thioether (sulfide) groups is 1. The van der Waals surface area contributed by atoms with Gasteiger partial charge in [-0.2, -0.15) is 0 Å². The van der Waals surface area contributed by atoms with Crippen LogP contribution in [0, 0.1) is 5.92 Å². The Hall–Kier alpha value is -1.22. The maximum atomic E-state index is 13.9. The lowest BCUT2D eigenvalue weighted by molar-refractivity contribution is -0.200. The molecule has 1 unspecified atom stereocenters. The fourth-order valence-corrected chi connectivity index (χ4v) is 6.97. The minimum absolute atomic E-state index is 0.00460. The summed E-state index contributed by atoms with van der Waals surface area (Å²) >= 11 is 7.77. The van der Waals surface area contributed by atoms with Crippen molar-refractivity contribution < 1.29 is 28.8 Å². The number of halogens is 3. The fourth-order valence-electron chi connectivity index (χ4n) is 6.12. The molecule has 3 N–H and O–H groups in total. The Labute approximate surface area is 213 Å². The van der Waals surface area contributed by atoms with Crippen LogP contribution in [0.2, 0.25) is 5.02 Å². The largest absolute Gasteiger partial charge is 0.387 e. The lowest BCUT2D eigenvalue weighted by Crippen LogP contribution is -2.52. The lowest BCUT2D eigenvalue weighted by Gasteiger charge is -2.55. The van der Waals surface area contributed by atoms with Crippen molar-refractivity contribution in [3.8, 4) is 0 Å². The number of rotatable bonds is 5. The first-order chi connectivity index (χ1) is 16.6. The monoisotopic (exact) mass is 524 g/mol. The highest BCUT2D eigenvalue weighted by atomic mass is 35.5. The lowest BCUT2D eigenvalue weighted by atomic mass is 9.50. The quantitative estimate of drug-likeness (QED) is 0.499. The highest BCUT2D eigenvalue weighted by molar-refractivity contribution is 7.99. The molecule has 0 amide bonds. The molecule has 35 heavy (non-hydrogen) atoms. The van der Waals surface area contributed by atoms with Gasteiger partial charge >= 0.3 is 0 Å². The molecule has 1 aliphatic heterocycles. The average Bonchev–Trinajstić information content (AvgIpc) is 2.83. The summed E-state index contributed by atoms with van der Waals surface area (Å²) in [6, 6.07) is 13.6. The number of hydrogen-bond acceptors (Lipinski definition) is 5. The summed E-state index contributed by atoms with van der Waals surface area (Å²) in [4.78, 5) is 0. The van der Waals surface area contributed by atoms with Gasteiger partial charge < -0.3 is 20.1 Å². The molecule has 2 saturated carbocycles. The number of fused-ring (bicyclic) bond motifs is 1. The second-order valence-corrected chi connectivity index (χ2v) is 11.7. The molecule has 0 radical (unpaired) electrons. The second kappa shape index (κ2) is 9.58. The summed E-state index contributed by atoms with van der Waals surface area (Å²) in [6.45, 7) is 0. The van der Waals surface area contributed by atoms with Crippen LogP contribution < -0.4 is 0 Å². The molecule has 190 valence electrons. The fraction of sp³-hybridized carbons (Fsp3) is 0.556. The first-order valence-corrected chi connectivity index (χ1v) is 13.8. The van der Waals surface area contributed by atoms with E-state index >= 15 is 0 Å². The van der Waals surface area contributed by atoms with Crippen LogP contribution in [0.3, 0.4) is 0 Å². The van der Waals surface area contributed by atoms with Crippen LogP contribution in [-0.2, 0) is 16.6 Å². The van der Waals surface area contributed by atoms with Crippen LogP contribution in [-0.4, -0.2) is 51.2 Å². The second-order valence-electron chi connectivity index (χ2n) is 10.3. The van der Waals surface area contributed by atoms with Gasteiger partial charge in [0.15, 0.2) is 0 Å². The predicted molar refractivity (Wildman–Crippen MR) is 133 cm³/mol. The van der Waals surface area contributed by atoms with E-state index in [4.69, 9.17) is 16.3 Å². The molecule has 4 nitrogen and oxygen atoms in total. The van der Waals surface area contributed by atoms with Crippen LogP contribution in [0.1, 0.15) is 60.5 Å². The number of aliphatic hydroxyl groups excluding tert-OH is 3. The van der Waals surface area contributed by atoms with Crippen molar-refractivity contribution in [3.63, 3.8) is 0 Å². The van der Waals surface area contributed by atoms with Crippen molar-refractivity contribution in [2.75, 3.05) is 6.26 Å². The molecule has 2 aliphatic carbocycles. The number of ether oxygens (including phenoxy) is 1. The third kappa shape index (κ3) is 4.64. The first-order valence-electron chi connectivity index (χ1n) is 12.1. The van der Waals surface area contributed by atoms with Gasteiger partial charge in [0.2, 0.25) is 5.92 Å². The van der Waals surface area contributed by atoms with E-state index in [-0.39, 0.29) is 24.2 Å². The molecular formula is C27H31ClF2O4S. The third-order valence-corrected chi connectivity index (χ3v) is 9.55. The third-order valence-electron chi connectivity index (χ3n) is 8.33. The van der Waals surface area contributed by atoms with Crippen molar-refractivity contribution >= 4 is 23.4 Å². The molecule has 5 rings (SSSR count). The Morgan fingerprint density at radius 2 is 1.74 bits per heavy atom. The molecule has 2 aromatic rings. The Balaban J connectivity index is 1.34. The van der Waals surface area contributed by atoms with E-state index in [1.54, 1.807) is 18.4 Å². The topological polar surface area (TPSA) is 69.9 Å². The van der Waals surface area contributed by atoms with Gasteiger partial charge in [-0.3, -0.25) is 0 Å². The summed E-state index contributed by atoms with van der Waals surface area (Å²) in [5, 5.41) is 31.5. The zero-order valence-corrected chi connectivity index (χ0v) is 21.1. The Morgan fingerprint density at radius 1 is 1.00 bits per heavy atom. The number of hydrogen-bond donors (Lipinski definition) is 3. The van der Waals surface area contributed by atoms with Gasteiger partial charge in [-0.1, -0.05) is 48.0 Å². The average molecular weight is 525 g/mol. The molecule has 0 aromatic heterocycles. The maximum Gasteiger partial charge on any atom is 0.248 e. The smallest absolute Gasteiger partial charge is 0.248 e. The van der Waals surface area contributed by atoms with Crippen LogP contribution in [0.15, 0.2) is 42.5 Å². The molecule has 3 fully saturated rings. The van der Waals surface area contributed by atoms with E-state index in [2.05, 4.69) is 12.1 Å². The van der Waals surface area contributed by atoms with Crippen LogP contribution >= 0.6 is 23.4 Å². The molecule has 0 bridgehead atoms. The van der Waals surface area contributed by atoms with Gasteiger partial charge in [0, 0.05) is 17.9 Å². The summed E-state index contributed by atoms with van der Waals surface area (Å²) in [5.41, 5.74) is 2.97. The molecule has 1 heterocycles. The summed E-state index contributed by atoms with van der Waals surface area (Å²) < 4.78 is 33.7. The zero-order chi connectivity index (χ0) is 25.0. The van der Waals surface area contributed by atoms with Crippen LogP contribution in [0.4, 0.5) is 8.78 Å². The Kier molecular flexibility index (Phi) is 6.96. The minimum atomic E-state index is -2.53. The number of aliphatic hydroxyl groups is 3. The molecule has 2 aromatic carbocycles. The van der Waals surface area contributed by atoms with Crippen molar-refractivity contribution in [3.05, 3.63) is 69.7 Å². The summed E-state index contributed by atoms with van der Waals surface area (Å²) in [6.07, 6.45) is 0.139. The number of benzene rings is 2. The van der Waals surface area contributed by atoms with Gasteiger partial charge in [-0.05, 0) is 71.6 Å². The molecule has 1 saturated heterocycles. The normalized spacial score (nSPS) is 36.3. The summed E-state index contributed by atoms with van der Waals surface area (Å²) in [5.74, 6) is -2.47. The molecule has 8 heteroatoms. The van der Waals surface area contributed by atoms with E-state index in [1.165, 1.54) is 11.8 Å². The zero-order valence-electron chi connectivity index (χ0n) is 19.5. The van der Waals surface area contributed by atoms with E-state index in [0.717, 1.165) is 29.5 Å². The SMILES string of the molecule is CS[C@H]1OC(c2ccc(Cl)c(Cc3ccc([C@@]45CC[C@@H]4CC(F)(F)CC5)cc3)c2)[C@H](O)[C@@H](O)[C@@H]1O. The highest BCUT2D eigenvalue weighted by Gasteiger charge is 2.55. The van der Waals surface area contributed by atoms with Gasteiger partial charge in [-0.15, -0.1) is 11.8 Å². The maximum absolute atomic E-state index is 13.9. The van der Waals surface area contributed by atoms with Gasteiger partial charge in [-0.25, -0.2) is 8.78 Å². The van der Waals surface area contributed by atoms with Crippen molar-refractivity contribution in [1.29, 1.82) is 0 Å². The van der Waals surface area contributed by atoms with Crippen LogP contribution in [0.25, 0.3) is 0 Å². The van der Waals surface area contributed by atoms with Crippen LogP contribution in [0.5, 0.6) is 0 Å². The van der Waals surface area contributed by atoms with Crippen molar-refractivity contribution in [2.45, 2.75) is 79.7 Å². The first kappa shape index (κ1) is 25.4. The van der Waals surface area contributed by atoms with E-state index in [1.807, 2.05) is 18.2 Å². The van der Waals surface area contributed by atoms with E-state index in [9.17, 15) is 24.1 Å². The Bertz CT molecular complexity index is 1070. The highest BCUT2D eigenvalue weighted by Crippen LogP contribution is 2.59. The molecular weight excluding hydrogens is 494 g/mol. The van der Waals surface area contributed by atoms with Gasteiger partial charge in [0.1, 0.15) is 29.9 Å². The Morgan fingerprint density at radius 3 is 2.37 bits per heavy atom.